The summed E-state index contributed by atoms with van der Waals surface area (Å²) >= 11 is 0. The number of hydrogen-bond donors (Lipinski definition) is 4. The highest BCUT2D eigenvalue weighted by molar-refractivity contribution is 6.18. The van der Waals surface area contributed by atoms with Gasteiger partial charge in [-0.1, -0.05) is 48.0 Å². The van der Waals surface area contributed by atoms with Crippen LogP contribution in [0.15, 0.2) is 59.7 Å². The second kappa shape index (κ2) is 8.71. The average Bonchev–Trinajstić information content (AvgIpc) is 3.17. The van der Waals surface area contributed by atoms with Gasteiger partial charge in [0.1, 0.15) is 5.60 Å². The molecule has 37 heavy (non-hydrogen) atoms. The molecule has 0 saturated carbocycles. The van der Waals surface area contributed by atoms with E-state index in [1.807, 2.05) is 43.3 Å². The van der Waals surface area contributed by atoms with Gasteiger partial charge in [0, 0.05) is 22.0 Å². The van der Waals surface area contributed by atoms with E-state index in [0.717, 1.165) is 46.2 Å². The molecule has 1 aliphatic carbocycles. The van der Waals surface area contributed by atoms with Crippen LogP contribution in [0.4, 0.5) is 0 Å². The molecule has 7 heteroatoms. The van der Waals surface area contributed by atoms with E-state index in [0.29, 0.717) is 23.1 Å². The van der Waals surface area contributed by atoms with Crippen LogP contribution >= 0.6 is 0 Å². The Morgan fingerprint density at radius 3 is 2.76 bits per heavy atom. The summed E-state index contributed by atoms with van der Waals surface area (Å²) < 4.78 is 0. The zero-order valence-corrected chi connectivity index (χ0v) is 20.8. The molecule has 0 radical (unpaired) electrons. The standard InChI is InChI=1S/C30H28N4O3/c1-17-11-18(2)21-9-6-10-30(37,24(21)12-17)16-31-28(35)20-13-22-26-23(15-32-34-29(22)36)27(33-25(26)14-20)19-7-4-3-5-8-19/h3-5,7-8,11-15,33,37H,6,9-10,16H2,1-2H3,(H,31,35)(H,34,36). The molecule has 2 aliphatic rings. The van der Waals surface area contributed by atoms with Crippen LogP contribution in [0.5, 0.6) is 0 Å². The van der Waals surface area contributed by atoms with E-state index in [9.17, 15) is 14.7 Å². The first kappa shape index (κ1) is 23.2. The molecular formula is C30H28N4O3. The fourth-order valence-electron chi connectivity index (χ4n) is 5.79. The Bertz CT molecular complexity index is 1600. The molecule has 186 valence electrons. The second-order valence-electron chi connectivity index (χ2n) is 10.1. The van der Waals surface area contributed by atoms with E-state index in [1.165, 1.54) is 11.1 Å². The molecule has 0 bridgehead atoms. The Morgan fingerprint density at radius 2 is 1.95 bits per heavy atom. The number of aromatic amines is 1. The lowest BCUT2D eigenvalue weighted by Gasteiger charge is -2.36. The van der Waals surface area contributed by atoms with E-state index in [-0.39, 0.29) is 18.4 Å². The number of aryl methyl sites for hydroxylation is 2. The maximum Gasteiger partial charge on any atom is 0.272 e. The highest BCUT2D eigenvalue weighted by Crippen LogP contribution is 2.38. The number of H-pyrrole nitrogens is 1. The van der Waals surface area contributed by atoms with E-state index in [1.54, 1.807) is 18.3 Å². The summed E-state index contributed by atoms with van der Waals surface area (Å²) in [6.45, 7) is 4.19. The Morgan fingerprint density at radius 1 is 1.14 bits per heavy atom. The number of hydrogen-bond acceptors (Lipinski definition) is 4. The van der Waals surface area contributed by atoms with E-state index < -0.39 is 5.60 Å². The first-order valence-electron chi connectivity index (χ1n) is 12.5. The molecule has 4 N–H and O–H groups in total. The summed E-state index contributed by atoms with van der Waals surface area (Å²) in [4.78, 5) is 29.6. The van der Waals surface area contributed by atoms with Crippen molar-refractivity contribution in [3.05, 3.63) is 93.5 Å². The number of nitrogens with zero attached hydrogens (tertiary/aromatic N) is 1. The van der Waals surface area contributed by atoms with E-state index >= 15 is 0 Å². The zero-order chi connectivity index (χ0) is 25.7. The molecule has 2 amide bonds. The fraction of sp³-hybridized carbons (Fsp3) is 0.233. The summed E-state index contributed by atoms with van der Waals surface area (Å²) in [6, 6.07) is 17.3. The quantitative estimate of drug-likeness (QED) is 0.337. The lowest BCUT2D eigenvalue weighted by molar-refractivity contribution is 0.0188. The molecule has 1 aliphatic heterocycles. The Balaban J connectivity index is 1.36. The number of amides is 2. The van der Waals surface area contributed by atoms with Crippen molar-refractivity contribution in [3.63, 3.8) is 0 Å². The van der Waals surface area contributed by atoms with Crippen molar-refractivity contribution >= 4 is 28.9 Å². The highest BCUT2D eigenvalue weighted by Gasteiger charge is 2.36. The minimum Gasteiger partial charge on any atom is -0.383 e. The number of carbonyl (C=O) groups excluding carboxylic acids is 2. The van der Waals surface area contributed by atoms with Crippen LogP contribution < -0.4 is 10.7 Å². The smallest absolute Gasteiger partial charge is 0.272 e. The molecule has 6 rings (SSSR count). The van der Waals surface area contributed by atoms with Gasteiger partial charge in [0.2, 0.25) is 0 Å². The number of fused-ring (bicyclic) bond motifs is 1. The van der Waals surface area contributed by atoms with Gasteiger partial charge < -0.3 is 15.4 Å². The summed E-state index contributed by atoms with van der Waals surface area (Å²) in [5.74, 6) is -0.725. The first-order valence-corrected chi connectivity index (χ1v) is 12.5. The van der Waals surface area contributed by atoms with Crippen LogP contribution in [0.25, 0.3) is 22.2 Å². The highest BCUT2D eigenvalue weighted by atomic mass is 16.3. The summed E-state index contributed by atoms with van der Waals surface area (Å²) in [7, 11) is 0. The number of carbonyl (C=O) groups is 2. The SMILES string of the molecule is Cc1cc(C)c2c(c1)C(O)(CNC(=O)c1cc3c4c(c(-c5ccccc5)[nH]c4c1)C=NNC3=O)CCC2. The van der Waals surface area contributed by atoms with Crippen LogP contribution in [-0.2, 0) is 12.0 Å². The lowest BCUT2D eigenvalue weighted by Crippen LogP contribution is -2.43. The fourth-order valence-corrected chi connectivity index (χ4v) is 5.79. The molecule has 1 atom stereocenters. The van der Waals surface area contributed by atoms with Crippen molar-refractivity contribution in [3.8, 4) is 11.3 Å². The Labute approximate surface area is 214 Å². The molecule has 3 aromatic carbocycles. The number of aromatic nitrogens is 1. The second-order valence-corrected chi connectivity index (χ2v) is 10.1. The normalized spacial score (nSPS) is 18.3. The largest absolute Gasteiger partial charge is 0.383 e. The number of benzene rings is 3. The number of nitrogens with one attached hydrogen (secondary N) is 3. The van der Waals surface area contributed by atoms with E-state index in [2.05, 4.69) is 33.8 Å². The summed E-state index contributed by atoms with van der Waals surface area (Å²) in [5, 5.41) is 19.3. The third-order valence-corrected chi connectivity index (χ3v) is 7.54. The molecule has 4 aromatic rings. The number of aliphatic hydroxyl groups is 1. The Kier molecular flexibility index (Phi) is 5.46. The van der Waals surface area contributed by atoms with Crippen LogP contribution in [0.1, 0.15) is 61.4 Å². The maximum atomic E-state index is 13.4. The van der Waals surface area contributed by atoms with Crippen LogP contribution in [-0.4, -0.2) is 34.7 Å². The first-order chi connectivity index (χ1) is 17.8. The molecule has 7 nitrogen and oxygen atoms in total. The van der Waals surface area contributed by atoms with Gasteiger partial charge in [-0.2, -0.15) is 5.10 Å². The summed E-state index contributed by atoms with van der Waals surface area (Å²) in [5.41, 5.74) is 9.69. The molecule has 2 heterocycles. The van der Waals surface area contributed by atoms with Crippen LogP contribution in [0, 0.1) is 13.8 Å². The van der Waals surface area contributed by atoms with Gasteiger partial charge in [0.05, 0.1) is 24.0 Å². The average molecular weight is 493 g/mol. The maximum absolute atomic E-state index is 13.4. The van der Waals surface area contributed by atoms with Crippen molar-refractivity contribution < 1.29 is 14.7 Å². The van der Waals surface area contributed by atoms with Crippen molar-refractivity contribution in [1.29, 1.82) is 0 Å². The van der Waals surface area contributed by atoms with Gasteiger partial charge in [-0.3, -0.25) is 9.59 Å². The van der Waals surface area contributed by atoms with Crippen molar-refractivity contribution in [2.24, 2.45) is 5.10 Å². The predicted octanol–water partition coefficient (Wildman–Crippen LogP) is 4.48. The molecule has 1 aromatic heterocycles. The topological polar surface area (TPSA) is 107 Å². The van der Waals surface area contributed by atoms with E-state index in [4.69, 9.17) is 0 Å². The number of hydrazone groups is 1. The Hall–Kier alpha value is -4.23. The third kappa shape index (κ3) is 3.92. The van der Waals surface area contributed by atoms with Gasteiger partial charge in [-0.25, -0.2) is 5.43 Å². The van der Waals surface area contributed by atoms with Gasteiger partial charge in [0.25, 0.3) is 11.8 Å². The van der Waals surface area contributed by atoms with Gasteiger partial charge >= 0.3 is 0 Å². The third-order valence-electron chi connectivity index (χ3n) is 7.54. The van der Waals surface area contributed by atoms with Gasteiger partial charge in [0.15, 0.2) is 0 Å². The predicted molar refractivity (Wildman–Crippen MR) is 144 cm³/mol. The van der Waals surface area contributed by atoms with Gasteiger partial charge in [-0.05, 0) is 67.5 Å². The molecule has 0 spiro atoms. The summed E-state index contributed by atoms with van der Waals surface area (Å²) in [6.07, 6.45) is 3.99. The molecule has 1 unspecified atom stereocenters. The number of rotatable bonds is 4. The monoisotopic (exact) mass is 492 g/mol. The lowest BCUT2D eigenvalue weighted by atomic mass is 9.76. The van der Waals surface area contributed by atoms with Crippen LogP contribution in [0.3, 0.4) is 0 Å². The van der Waals surface area contributed by atoms with Crippen molar-refractivity contribution in [2.75, 3.05) is 6.54 Å². The molecule has 0 saturated heterocycles. The minimum absolute atomic E-state index is 0.0929. The van der Waals surface area contributed by atoms with Gasteiger partial charge in [-0.15, -0.1) is 0 Å². The molecule has 0 fully saturated rings. The van der Waals surface area contributed by atoms with Crippen molar-refractivity contribution in [2.45, 2.75) is 38.7 Å². The van der Waals surface area contributed by atoms with Crippen molar-refractivity contribution in [1.82, 2.24) is 15.7 Å². The minimum atomic E-state index is -1.14. The zero-order valence-electron chi connectivity index (χ0n) is 20.8. The van der Waals surface area contributed by atoms with Crippen LogP contribution in [0.2, 0.25) is 0 Å². The molecular weight excluding hydrogens is 464 g/mol.